The second-order valence-corrected chi connectivity index (χ2v) is 12.2. The van der Waals surface area contributed by atoms with Crippen LogP contribution >= 0.6 is 23.4 Å². The zero-order valence-electron chi connectivity index (χ0n) is 27.3. The summed E-state index contributed by atoms with van der Waals surface area (Å²) in [6.45, 7) is 1.76. The molecule has 0 saturated heterocycles. The third-order valence-electron chi connectivity index (χ3n) is 7.11. The molecule has 0 aliphatic carbocycles. The number of benzene rings is 4. The molecule has 4 rings (SSSR count). The van der Waals surface area contributed by atoms with Crippen molar-refractivity contribution in [2.24, 2.45) is 0 Å². The van der Waals surface area contributed by atoms with E-state index in [2.05, 4.69) is 16.0 Å². The molecule has 0 aliphatic rings. The molecule has 4 aromatic carbocycles. The maximum Gasteiger partial charge on any atom is 0.416 e. The van der Waals surface area contributed by atoms with Crippen molar-refractivity contribution >= 4 is 58.5 Å². The average molecular weight is 728 g/mol. The molecule has 9 nitrogen and oxygen atoms in total. The van der Waals surface area contributed by atoms with Crippen LogP contribution in [0.1, 0.15) is 34.8 Å². The quantitative estimate of drug-likeness (QED) is 0.0938. The molecule has 4 aromatic rings. The van der Waals surface area contributed by atoms with Gasteiger partial charge in [-0.05, 0) is 78.7 Å². The predicted molar refractivity (Wildman–Crippen MR) is 188 cm³/mol. The third kappa shape index (κ3) is 9.73. The van der Waals surface area contributed by atoms with Crippen molar-refractivity contribution in [3.05, 3.63) is 112 Å². The summed E-state index contributed by atoms with van der Waals surface area (Å²) in [5.74, 6) is -0.718. The molecule has 0 radical (unpaired) electrons. The Morgan fingerprint density at radius 2 is 1.54 bits per heavy atom. The van der Waals surface area contributed by atoms with Gasteiger partial charge in [0.25, 0.3) is 11.8 Å². The molecule has 0 aromatic heterocycles. The first-order chi connectivity index (χ1) is 23.9. The summed E-state index contributed by atoms with van der Waals surface area (Å²) in [7, 11) is 4.37. The van der Waals surface area contributed by atoms with Gasteiger partial charge in [0, 0.05) is 16.1 Å². The Kier molecular flexibility index (Phi) is 12.8. The minimum atomic E-state index is -4.61. The van der Waals surface area contributed by atoms with Gasteiger partial charge < -0.3 is 30.2 Å². The fraction of sp³-hybridized carbons (Fsp3) is 0.194. The summed E-state index contributed by atoms with van der Waals surface area (Å²) in [6.07, 6.45) is -2.83. The molecule has 0 bridgehead atoms. The fourth-order valence-electron chi connectivity index (χ4n) is 4.64. The van der Waals surface area contributed by atoms with Crippen LogP contribution in [0.4, 0.5) is 24.5 Å². The van der Waals surface area contributed by atoms with Gasteiger partial charge in [-0.25, -0.2) is 0 Å². The Bertz CT molecular complexity index is 1860. The minimum Gasteiger partial charge on any atom is -0.493 e. The molecular formula is C36H33ClF3N3O6S. The normalized spacial score (nSPS) is 12.0. The van der Waals surface area contributed by atoms with Crippen molar-refractivity contribution in [2.75, 3.05) is 32.0 Å². The minimum absolute atomic E-state index is 0.0364. The van der Waals surface area contributed by atoms with Gasteiger partial charge >= 0.3 is 6.18 Å². The van der Waals surface area contributed by atoms with Crippen LogP contribution < -0.4 is 30.2 Å². The van der Waals surface area contributed by atoms with Crippen molar-refractivity contribution < 1.29 is 41.8 Å². The van der Waals surface area contributed by atoms with Gasteiger partial charge in [0.15, 0.2) is 11.5 Å². The molecule has 0 saturated carbocycles. The van der Waals surface area contributed by atoms with Crippen LogP contribution in [0, 0.1) is 0 Å². The fourth-order valence-corrected chi connectivity index (χ4v) is 5.81. The summed E-state index contributed by atoms with van der Waals surface area (Å²) < 4.78 is 56.0. The van der Waals surface area contributed by atoms with Crippen LogP contribution in [-0.2, 0) is 15.8 Å². The lowest BCUT2D eigenvalue weighted by Crippen LogP contribution is -2.30. The summed E-state index contributed by atoms with van der Waals surface area (Å²) >= 11 is 7.23. The Labute approximate surface area is 296 Å². The molecule has 50 heavy (non-hydrogen) atoms. The lowest BCUT2D eigenvalue weighted by atomic mass is 10.1. The monoisotopic (exact) mass is 727 g/mol. The van der Waals surface area contributed by atoms with Gasteiger partial charge in [0.2, 0.25) is 11.7 Å². The number of nitrogens with one attached hydrogen (secondary N) is 3. The predicted octanol–water partition coefficient (Wildman–Crippen LogP) is 8.30. The molecule has 14 heteroatoms. The van der Waals surface area contributed by atoms with Gasteiger partial charge in [0.1, 0.15) is 5.70 Å². The van der Waals surface area contributed by atoms with Crippen LogP contribution in [0.2, 0.25) is 5.02 Å². The van der Waals surface area contributed by atoms with Crippen molar-refractivity contribution in [2.45, 2.75) is 29.7 Å². The zero-order valence-corrected chi connectivity index (χ0v) is 28.9. The summed E-state index contributed by atoms with van der Waals surface area (Å²) in [5.41, 5.74) is -0.0730. The third-order valence-corrected chi connectivity index (χ3v) is 8.80. The number of alkyl halides is 3. The number of rotatable bonds is 13. The molecule has 1 unspecified atom stereocenters. The Morgan fingerprint density at radius 3 is 2.14 bits per heavy atom. The van der Waals surface area contributed by atoms with Crippen molar-refractivity contribution in [1.82, 2.24) is 5.32 Å². The molecule has 0 fully saturated rings. The topological polar surface area (TPSA) is 115 Å². The lowest BCUT2D eigenvalue weighted by molar-refractivity contribution is -0.137. The number of hydrogen-bond donors (Lipinski definition) is 3. The zero-order chi connectivity index (χ0) is 36.4. The van der Waals surface area contributed by atoms with E-state index in [4.69, 9.17) is 25.8 Å². The molecular weight excluding hydrogens is 695 g/mol. The number of anilines is 2. The molecule has 0 heterocycles. The summed E-state index contributed by atoms with van der Waals surface area (Å²) in [5, 5.41) is 7.20. The van der Waals surface area contributed by atoms with Gasteiger partial charge in [-0.2, -0.15) is 13.2 Å². The van der Waals surface area contributed by atoms with Gasteiger partial charge in [-0.3, -0.25) is 14.4 Å². The molecule has 3 N–H and O–H groups in total. The summed E-state index contributed by atoms with van der Waals surface area (Å²) in [4.78, 5) is 40.5. The number of methoxy groups -OCH3 is 3. The van der Waals surface area contributed by atoms with E-state index in [1.807, 2.05) is 0 Å². The molecule has 3 amide bonds. The standard InChI is InChI=1S/C36H33ClF3N3O6S/c1-5-31(35(46)42-27-19-23(36(38,39)40)14-15-26(27)37)50-25-13-9-12-24(20-25)41-34(45)28(43-33(44)22-10-7-6-8-11-22)16-21-17-29(47-2)32(49-4)30(18-21)48-3/h6-20,31H,5H2,1-4H3,(H,41,45)(H,42,46)(H,43,44)/b28-16+. The SMILES string of the molecule is CCC(Sc1cccc(NC(=O)/C(=C\c2cc(OC)c(OC)c(OC)c2)NC(=O)c2ccccc2)c1)C(=O)Nc1cc(C(F)(F)F)ccc1Cl. The highest BCUT2D eigenvalue weighted by molar-refractivity contribution is 8.00. The van der Waals surface area contributed by atoms with Crippen LogP contribution in [0.3, 0.4) is 0 Å². The van der Waals surface area contributed by atoms with E-state index in [-0.39, 0.29) is 16.4 Å². The van der Waals surface area contributed by atoms with Gasteiger partial charge in [0.05, 0.1) is 42.9 Å². The van der Waals surface area contributed by atoms with Crippen molar-refractivity contribution in [1.29, 1.82) is 0 Å². The van der Waals surface area contributed by atoms with E-state index >= 15 is 0 Å². The van der Waals surface area contributed by atoms with E-state index in [1.165, 1.54) is 27.4 Å². The number of carbonyl (C=O) groups is 3. The number of ether oxygens (including phenoxy) is 3. The highest BCUT2D eigenvalue weighted by Crippen LogP contribution is 2.39. The molecule has 0 spiro atoms. The van der Waals surface area contributed by atoms with Crippen molar-refractivity contribution in [3.8, 4) is 17.2 Å². The number of halogens is 4. The maximum absolute atomic E-state index is 13.7. The summed E-state index contributed by atoms with van der Waals surface area (Å²) in [6, 6.07) is 20.9. The maximum atomic E-state index is 13.7. The first kappa shape index (κ1) is 37.7. The number of carbonyl (C=O) groups excluding carboxylic acids is 3. The first-order valence-corrected chi connectivity index (χ1v) is 16.3. The first-order valence-electron chi connectivity index (χ1n) is 15.0. The van der Waals surface area contributed by atoms with Crippen molar-refractivity contribution in [3.63, 3.8) is 0 Å². The average Bonchev–Trinajstić information content (AvgIpc) is 3.10. The van der Waals surface area contributed by atoms with Crippen LogP contribution in [-0.4, -0.2) is 44.3 Å². The molecule has 1 atom stereocenters. The highest BCUT2D eigenvalue weighted by Gasteiger charge is 2.31. The molecule has 262 valence electrons. The van der Waals surface area contributed by atoms with Crippen LogP contribution in [0.5, 0.6) is 17.2 Å². The lowest BCUT2D eigenvalue weighted by Gasteiger charge is -2.17. The van der Waals surface area contributed by atoms with Gasteiger partial charge in [-0.1, -0.05) is 42.8 Å². The smallest absolute Gasteiger partial charge is 0.416 e. The van der Waals surface area contributed by atoms with E-state index < -0.39 is 34.7 Å². The van der Waals surface area contributed by atoms with Crippen LogP contribution in [0.15, 0.2) is 95.5 Å². The number of hydrogen-bond acceptors (Lipinski definition) is 7. The number of thioether (sulfide) groups is 1. The largest absolute Gasteiger partial charge is 0.493 e. The number of amides is 3. The second kappa shape index (κ2) is 17.0. The Hall–Kier alpha value is -5.14. The Morgan fingerprint density at radius 1 is 0.860 bits per heavy atom. The van der Waals surface area contributed by atoms with E-state index in [9.17, 15) is 27.6 Å². The second-order valence-electron chi connectivity index (χ2n) is 10.5. The molecule has 0 aliphatic heterocycles. The Balaban J connectivity index is 1.58. The highest BCUT2D eigenvalue weighted by atomic mass is 35.5. The van der Waals surface area contributed by atoms with E-state index in [1.54, 1.807) is 73.7 Å². The van der Waals surface area contributed by atoms with E-state index in [0.29, 0.717) is 45.4 Å². The van der Waals surface area contributed by atoms with Crippen LogP contribution in [0.25, 0.3) is 6.08 Å². The van der Waals surface area contributed by atoms with E-state index in [0.717, 1.165) is 30.0 Å². The van der Waals surface area contributed by atoms with Gasteiger partial charge in [-0.15, -0.1) is 11.8 Å².